The lowest BCUT2D eigenvalue weighted by Crippen LogP contribution is -2.40. The van der Waals surface area contributed by atoms with Gasteiger partial charge in [0.05, 0.1) is 5.69 Å². The molecule has 1 amide bonds. The van der Waals surface area contributed by atoms with Gasteiger partial charge in [0.1, 0.15) is 0 Å². The molecule has 1 aromatic heterocycles. The average Bonchev–Trinajstić information content (AvgIpc) is 2.95. The van der Waals surface area contributed by atoms with E-state index in [9.17, 15) is 4.79 Å². The van der Waals surface area contributed by atoms with Gasteiger partial charge in [-0.3, -0.25) is 9.78 Å². The van der Waals surface area contributed by atoms with Gasteiger partial charge in [-0.05, 0) is 109 Å². The highest BCUT2D eigenvalue weighted by Gasteiger charge is 2.36. The summed E-state index contributed by atoms with van der Waals surface area (Å²) in [7, 11) is 4.11. The number of hydrogen-bond donors (Lipinski definition) is 0. The maximum atomic E-state index is 12.7. The number of piperidine rings is 1. The predicted octanol–water partition coefficient (Wildman–Crippen LogP) is 6.06. The van der Waals surface area contributed by atoms with Crippen LogP contribution in [0.2, 0.25) is 0 Å². The minimum atomic E-state index is 0.241. The Bertz CT molecular complexity index is 1030. The molecular formula is C27H33Br2N3O. The summed E-state index contributed by atoms with van der Waals surface area (Å²) >= 11 is 7.53. The second-order valence-electron chi connectivity index (χ2n) is 9.58. The molecule has 0 spiro atoms. The van der Waals surface area contributed by atoms with E-state index >= 15 is 0 Å². The number of fused-ring (bicyclic) bond motifs is 2. The molecule has 2 aromatic rings. The molecule has 1 aliphatic carbocycles. The lowest BCUT2D eigenvalue weighted by Gasteiger charge is -2.37. The molecule has 176 valence electrons. The van der Waals surface area contributed by atoms with Crippen LogP contribution in [0.15, 0.2) is 39.9 Å². The van der Waals surface area contributed by atoms with Gasteiger partial charge in [0.2, 0.25) is 5.91 Å². The minimum absolute atomic E-state index is 0.241. The Morgan fingerprint density at radius 2 is 1.91 bits per heavy atom. The topological polar surface area (TPSA) is 36.4 Å². The first-order chi connectivity index (χ1) is 15.9. The summed E-state index contributed by atoms with van der Waals surface area (Å²) in [6.07, 6.45) is 9.43. The highest BCUT2D eigenvalue weighted by atomic mass is 79.9. The maximum absolute atomic E-state index is 12.7. The fourth-order valence-electron chi connectivity index (χ4n) is 5.39. The number of nitrogens with zero attached hydrogens (tertiary/aromatic N) is 3. The molecule has 1 atom stereocenters. The van der Waals surface area contributed by atoms with Crippen molar-refractivity contribution in [2.24, 2.45) is 5.92 Å². The van der Waals surface area contributed by atoms with Crippen LogP contribution in [0, 0.1) is 5.92 Å². The Balaban J connectivity index is 1.60. The Morgan fingerprint density at radius 1 is 1.18 bits per heavy atom. The van der Waals surface area contributed by atoms with E-state index in [0.29, 0.717) is 18.2 Å². The third-order valence-corrected chi connectivity index (χ3v) is 8.16. The average molecular weight is 575 g/mol. The third-order valence-electron chi connectivity index (χ3n) is 7.07. The molecule has 2 aliphatic rings. The number of pyridine rings is 1. The molecule has 0 radical (unpaired) electrons. The van der Waals surface area contributed by atoms with E-state index < -0.39 is 0 Å². The number of aromatic nitrogens is 1. The van der Waals surface area contributed by atoms with Crippen molar-refractivity contribution in [3.63, 3.8) is 0 Å². The number of halogens is 2. The standard InChI is InChI=1S/C27H33Br2N3O/c1-4-18-14-20-7-8-21-16-22(28)17-30-27(21)26(25(20)23(29)15-18)19-9-12-32(13-10-19)24(33)6-5-11-31(2)3/h4,14-17,19,26H,1,5-13H2,2-3H3. The van der Waals surface area contributed by atoms with Gasteiger partial charge < -0.3 is 9.80 Å². The van der Waals surface area contributed by atoms with E-state index in [2.05, 4.69) is 80.5 Å². The summed E-state index contributed by atoms with van der Waals surface area (Å²) < 4.78 is 2.19. The second kappa shape index (κ2) is 10.8. The van der Waals surface area contributed by atoms with Gasteiger partial charge in [0, 0.05) is 40.6 Å². The third kappa shape index (κ3) is 5.60. The number of carbonyl (C=O) groups is 1. The number of rotatable bonds is 6. The number of amides is 1. The van der Waals surface area contributed by atoms with E-state index in [-0.39, 0.29) is 5.92 Å². The Kier molecular flexibility index (Phi) is 8.08. The molecule has 1 unspecified atom stereocenters. The smallest absolute Gasteiger partial charge is 0.222 e. The molecule has 4 rings (SSSR count). The van der Waals surface area contributed by atoms with E-state index in [4.69, 9.17) is 4.98 Å². The summed E-state index contributed by atoms with van der Waals surface area (Å²) in [4.78, 5) is 21.9. The molecule has 1 fully saturated rings. The Morgan fingerprint density at radius 3 is 2.61 bits per heavy atom. The van der Waals surface area contributed by atoms with Crippen molar-refractivity contribution in [1.29, 1.82) is 0 Å². The van der Waals surface area contributed by atoms with Crippen LogP contribution >= 0.6 is 31.9 Å². The number of likely N-dealkylation sites (tertiary alicyclic amines) is 1. The molecule has 1 saturated heterocycles. The van der Waals surface area contributed by atoms with Crippen LogP contribution in [-0.2, 0) is 17.6 Å². The lowest BCUT2D eigenvalue weighted by molar-refractivity contribution is -0.132. The van der Waals surface area contributed by atoms with Crippen molar-refractivity contribution in [2.45, 2.75) is 44.4 Å². The molecule has 4 nitrogen and oxygen atoms in total. The Labute approximate surface area is 214 Å². The first-order valence-corrected chi connectivity index (χ1v) is 13.5. The van der Waals surface area contributed by atoms with Crippen LogP contribution in [0.1, 0.15) is 59.5 Å². The predicted molar refractivity (Wildman–Crippen MR) is 143 cm³/mol. The summed E-state index contributed by atoms with van der Waals surface area (Å²) in [5, 5.41) is 0. The van der Waals surface area contributed by atoms with Crippen LogP contribution in [0.3, 0.4) is 0 Å². The largest absolute Gasteiger partial charge is 0.343 e. The first kappa shape index (κ1) is 24.6. The van der Waals surface area contributed by atoms with E-state index in [0.717, 1.165) is 66.2 Å². The maximum Gasteiger partial charge on any atom is 0.222 e. The molecule has 33 heavy (non-hydrogen) atoms. The fraction of sp³-hybridized carbons (Fsp3) is 0.481. The first-order valence-electron chi connectivity index (χ1n) is 11.9. The quantitative estimate of drug-likeness (QED) is 0.421. The Hall–Kier alpha value is -1.50. The van der Waals surface area contributed by atoms with Gasteiger partial charge in [-0.15, -0.1) is 0 Å². The normalized spacial score (nSPS) is 18.6. The lowest BCUT2D eigenvalue weighted by atomic mass is 9.76. The zero-order valence-corrected chi connectivity index (χ0v) is 22.8. The number of aryl methyl sites for hydroxylation is 2. The van der Waals surface area contributed by atoms with Crippen molar-refractivity contribution in [3.8, 4) is 0 Å². The van der Waals surface area contributed by atoms with Crippen molar-refractivity contribution < 1.29 is 4.79 Å². The van der Waals surface area contributed by atoms with Crippen LogP contribution in [0.25, 0.3) is 6.08 Å². The van der Waals surface area contributed by atoms with Crippen LogP contribution < -0.4 is 0 Å². The number of carbonyl (C=O) groups excluding carboxylic acids is 1. The van der Waals surface area contributed by atoms with Gasteiger partial charge in [0.15, 0.2) is 0 Å². The summed E-state index contributed by atoms with van der Waals surface area (Å²) in [6, 6.07) is 6.73. The minimum Gasteiger partial charge on any atom is -0.343 e. The number of benzene rings is 1. The van der Waals surface area contributed by atoms with Crippen LogP contribution in [-0.4, -0.2) is 54.4 Å². The van der Waals surface area contributed by atoms with Crippen molar-refractivity contribution >= 4 is 43.8 Å². The molecule has 0 saturated carbocycles. The molecule has 0 N–H and O–H groups in total. The second-order valence-corrected chi connectivity index (χ2v) is 11.4. The van der Waals surface area contributed by atoms with Crippen molar-refractivity contribution in [2.75, 3.05) is 33.7 Å². The molecule has 1 aromatic carbocycles. The van der Waals surface area contributed by atoms with Crippen LogP contribution in [0.5, 0.6) is 0 Å². The molecule has 1 aliphatic heterocycles. The van der Waals surface area contributed by atoms with E-state index in [1.165, 1.54) is 22.4 Å². The molecule has 2 heterocycles. The SMILES string of the molecule is C=Cc1cc(Br)c2c(c1)CCc1cc(Br)cnc1C2C1CCN(C(=O)CCCN(C)C)CC1. The monoisotopic (exact) mass is 573 g/mol. The van der Waals surface area contributed by atoms with Crippen molar-refractivity contribution in [1.82, 2.24) is 14.8 Å². The van der Waals surface area contributed by atoms with Gasteiger partial charge in [-0.25, -0.2) is 0 Å². The van der Waals surface area contributed by atoms with E-state index in [1.807, 2.05) is 12.3 Å². The van der Waals surface area contributed by atoms with Gasteiger partial charge in [0.25, 0.3) is 0 Å². The molecule has 0 bridgehead atoms. The van der Waals surface area contributed by atoms with Crippen molar-refractivity contribution in [3.05, 3.63) is 67.9 Å². The zero-order chi connectivity index (χ0) is 23.5. The summed E-state index contributed by atoms with van der Waals surface area (Å²) in [5.74, 6) is 1.01. The van der Waals surface area contributed by atoms with Gasteiger partial charge >= 0.3 is 0 Å². The molecule has 6 heteroatoms. The number of hydrogen-bond acceptors (Lipinski definition) is 3. The highest BCUT2D eigenvalue weighted by molar-refractivity contribution is 9.10. The summed E-state index contributed by atoms with van der Waals surface area (Å²) in [5.41, 5.74) is 6.46. The highest BCUT2D eigenvalue weighted by Crippen LogP contribution is 2.45. The fourth-order valence-corrected chi connectivity index (χ4v) is 6.54. The van der Waals surface area contributed by atoms with E-state index in [1.54, 1.807) is 0 Å². The zero-order valence-electron chi connectivity index (χ0n) is 19.6. The van der Waals surface area contributed by atoms with Crippen LogP contribution in [0.4, 0.5) is 0 Å². The van der Waals surface area contributed by atoms with Gasteiger partial charge in [-0.2, -0.15) is 0 Å². The summed E-state index contributed by atoms with van der Waals surface area (Å²) in [6.45, 7) is 6.62. The molecular weight excluding hydrogens is 542 g/mol. The van der Waals surface area contributed by atoms with Gasteiger partial charge in [-0.1, -0.05) is 34.7 Å².